The minimum absolute atomic E-state index is 0.395. The molecule has 0 spiro atoms. The molecule has 0 aromatic carbocycles. The van der Waals surface area contributed by atoms with E-state index in [2.05, 4.69) is 24.5 Å². The molecule has 0 saturated carbocycles. The standard InChI is InChI=1S/C19H41NO2SSi/c1-2-3-4-5-6-7-8-14-21-18-22-19-11-9-16-24(17-10-15-23)20-13-12-19/h19-20,23-24H,2-18H2,1H3. The summed E-state index contributed by atoms with van der Waals surface area (Å²) in [6, 6.07) is 2.81. The van der Waals surface area contributed by atoms with Crippen molar-refractivity contribution in [3.05, 3.63) is 0 Å². The van der Waals surface area contributed by atoms with E-state index in [-0.39, 0.29) is 0 Å². The van der Waals surface area contributed by atoms with Crippen LogP contribution in [0.25, 0.3) is 0 Å². The molecule has 5 heteroatoms. The third kappa shape index (κ3) is 12.8. The van der Waals surface area contributed by atoms with E-state index in [1.807, 2.05) is 0 Å². The van der Waals surface area contributed by atoms with Crippen LogP contribution in [0.2, 0.25) is 12.1 Å². The third-order valence-electron chi connectivity index (χ3n) is 4.97. The molecule has 1 heterocycles. The van der Waals surface area contributed by atoms with E-state index >= 15 is 0 Å². The molecule has 1 N–H and O–H groups in total. The molecule has 2 unspecified atom stereocenters. The van der Waals surface area contributed by atoms with E-state index < -0.39 is 8.96 Å². The van der Waals surface area contributed by atoms with Gasteiger partial charge in [-0.2, -0.15) is 12.6 Å². The fourth-order valence-electron chi connectivity index (χ4n) is 3.40. The third-order valence-corrected chi connectivity index (χ3v) is 8.36. The summed E-state index contributed by atoms with van der Waals surface area (Å²) in [6.07, 6.45) is 14.7. The molecular formula is C19H41NO2SSi. The summed E-state index contributed by atoms with van der Waals surface area (Å²) in [6.45, 7) is 4.74. The highest BCUT2D eigenvalue weighted by atomic mass is 32.1. The predicted molar refractivity (Wildman–Crippen MR) is 111 cm³/mol. The molecule has 24 heavy (non-hydrogen) atoms. The SMILES string of the molecule is CCCCCCCCCOCOC1CCC[SiH](CCCS)NCC1. The maximum absolute atomic E-state index is 5.94. The van der Waals surface area contributed by atoms with Gasteiger partial charge in [-0.05, 0) is 50.1 Å². The molecule has 0 aromatic rings. The Morgan fingerprint density at radius 1 is 1.04 bits per heavy atom. The molecule has 2 atom stereocenters. The molecule has 1 aliphatic rings. The second-order valence-electron chi connectivity index (χ2n) is 7.17. The Labute approximate surface area is 157 Å². The zero-order valence-electron chi connectivity index (χ0n) is 15.9. The summed E-state index contributed by atoms with van der Waals surface area (Å²) >= 11 is 4.33. The zero-order valence-corrected chi connectivity index (χ0v) is 18.0. The smallest absolute Gasteiger partial charge is 0.147 e. The minimum atomic E-state index is -0.688. The van der Waals surface area contributed by atoms with E-state index in [9.17, 15) is 0 Å². The van der Waals surface area contributed by atoms with Crippen molar-refractivity contribution in [1.82, 2.24) is 4.98 Å². The van der Waals surface area contributed by atoms with Crippen molar-refractivity contribution >= 4 is 21.6 Å². The lowest BCUT2D eigenvalue weighted by atomic mass is 10.1. The topological polar surface area (TPSA) is 30.5 Å². The predicted octanol–water partition coefficient (Wildman–Crippen LogP) is 4.91. The highest BCUT2D eigenvalue weighted by molar-refractivity contribution is 7.80. The van der Waals surface area contributed by atoms with Crippen LogP contribution < -0.4 is 4.98 Å². The second-order valence-corrected chi connectivity index (χ2v) is 10.6. The van der Waals surface area contributed by atoms with Gasteiger partial charge in [-0.15, -0.1) is 0 Å². The van der Waals surface area contributed by atoms with E-state index in [1.165, 1.54) is 76.3 Å². The van der Waals surface area contributed by atoms with Crippen molar-refractivity contribution in [3.8, 4) is 0 Å². The molecule has 0 aliphatic carbocycles. The van der Waals surface area contributed by atoms with Crippen LogP contribution in [0.5, 0.6) is 0 Å². The zero-order chi connectivity index (χ0) is 17.3. The molecule has 0 bridgehead atoms. The Balaban J connectivity index is 1.91. The highest BCUT2D eigenvalue weighted by Crippen LogP contribution is 2.16. The van der Waals surface area contributed by atoms with E-state index in [0.29, 0.717) is 12.9 Å². The van der Waals surface area contributed by atoms with Gasteiger partial charge in [0.1, 0.15) is 15.8 Å². The highest BCUT2D eigenvalue weighted by Gasteiger charge is 2.17. The van der Waals surface area contributed by atoms with Crippen LogP contribution in [-0.2, 0) is 9.47 Å². The Morgan fingerprint density at radius 2 is 1.83 bits per heavy atom. The Bertz CT molecular complexity index is 262. The van der Waals surface area contributed by atoms with Gasteiger partial charge < -0.3 is 14.5 Å². The lowest BCUT2D eigenvalue weighted by Gasteiger charge is -2.25. The first kappa shape index (κ1) is 22.5. The number of thiol groups is 1. The Kier molecular flexibility index (Phi) is 15.8. The first-order valence-corrected chi connectivity index (χ1v) is 13.2. The van der Waals surface area contributed by atoms with Gasteiger partial charge in [0.2, 0.25) is 0 Å². The van der Waals surface area contributed by atoms with Crippen molar-refractivity contribution in [2.24, 2.45) is 0 Å². The van der Waals surface area contributed by atoms with Gasteiger partial charge in [0.25, 0.3) is 0 Å². The minimum Gasteiger partial charge on any atom is -0.355 e. The van der Waals surface area contributed by atoms with Crippen LogP contribution in [0.15, 0.2) is 0 Å². The first-order chi connectivity index (χ1) is 11.9. The number of rotatable bonds is 14. The van der Waals surface area contributed by atoms with E-state index in [4.69, 9.17) is 9.47 Å². The van der Waals surface area contributed by atoms with Crippen LogP contribution in [-0.4, -0.2) is 40.8 Å². The number of ether oxygens (including phenoxy) is 2. The molecule has 0 aromatic heterocycles. The lowest BCUT2D eigenvalue weighted by molar-refractivity contribution is -0.0940. The molecular weight excluding hydrogens is 334 g/mol. The van der Waals surface area contributed by atoms with Gasteiger partial charge >= 0.3 is 0 Å². The Morgan fingerprint density at radius 3 is 2.62 bits per heavy atom. The van der Waals surface area contributed by atoms with Crippen molar-refractivity contribution in [1.29, 1.82) is 0 Å². The lowest BCUT2D eigenvalue weighted by Crippen LogP contribution is -2.38. The molecule has 0 amide bonds. The molecule has 1 rings (SSSR count). The van der Waals surface area contributed by atoms with Crippen LogP contribution in [0, 0.1) is 0 Å². The largest absolute Gasteiger partial charge is 0.355 e. The number of unbranched alkanes of at least 4 members (excludes halogenated alkanes) is 6. The van der Waals surface area contributed by atoms with Crippen LogP contribution >= 0.6 is 12.6 Å². The quantitative estimate of drug-likeness (QED) is 0.196. The van der Waals surface area contributed by atoms with E-state index in [0.717, 1.165) is 25.3 Å². The maximum Gasteiger partial charge on any atom is 0.147 e. The monoisotopic (exact) mass is 375 g/mol. The molecule has 1 fully saturated rings. The van der Waals surface area contributed by atoms with Gasteiger partial charge in [0, 0.05) is 6.61 Å². The second kappa shape index (κ2) is 16.9. The average Bonchev–Trinajstić information content (AvgIpc) is 2.57. The fraction of sp³-hybridized carbons (Fsp3) is 1.00. The van der Waals surface area contributed by atoms with Gasteiger partial charge in [-0.25, -0.2) is 0 Å². The number of hydrogen-bond acceptors (Lipinski definition) is 4. The van der Waals surface area contributed by atoms with Gasteiger partial charge in [0.15, 0.2) is 0 Å². The summed E-state index contributed by atoms with van der Waals surface area (Å²) < 4.78 is 11.6. The molecule has 3 nitrogen and oxygen atoms in total. The molecule has 0 radical (unpaired) electrons. The molecule has 1 saturated heterocycles. The molecule has 1 aliphatic heterocycles. The fourth-order valence-corrected chi connectivity index (χ4v) is 6.63. The summed E-state index contributed by atoms with van der Waals surface area (Å²) in [5, 5.41) is 0. The summed E-state index contributed by atoms with van der Waals surface area (Å²) in [4.78, 5) is 3.81. The number of hydrogen-bond donors (Lipinski definition) is 2. The Hall–Kier alpha value is 0.447. The van der Waals surface area contributed by atoms with Crippen LogP contribution in [0.4, 0.5) is 0 Å². The van der Waals surface area contributed by atoms with Crippen LogP contribution in [0.3, 0.4) is 0 Å². The van der Waals surface area contributed by atoms with Gasteiger partial charge in [0.05, 0.1) is 6.10 Å². The van der Waals surface area contributed by atoms with Crippen molar-refractivity contribution < 1.29 is 9.47 Å². The first-order valence-electron chi connectivity index (χ1n) is 10.4. The van der Waals surface area contributed by atoms with Gasteiger partial charge in [-0.1, -0.05) is 51.9 Å². The summed E-state index contributed by atoms with van der Waals surface area (Å²) in [5.74, 6) is 1.03. The average molecular weight is 376 g/mol. The summed E-state index contributed by atoms with van der Waals surface area (Å²) in [5.41, 5.74) is 0. The van der Waals surface area contributed by atoms with E-state index in [1.54, 1.807) is 0 Å². The summed E-state index contributed by atoms with van der Waals surface area (Å²) in [7, 11) is -0.688. The maximum atomic E-state index is 5.94. The van der Waals surface area contributed by atoms with Crippen molar-refractivity contribution in [2.75, 3.05) is 25.7 Å². The van der Waals surface area contributed by atoms with Crippen molar-refractivity contribution in [3.63, 3.8) is 0 Å². The number of nitrogens with one attached hydrogen (secondary N) is 1. The normalized spacial score (nSPS) is 22.2. The van der Waals surface area contributed by atoms with Crippen molar-refractivity contribution in [2.45, 2.75) is 95.7 Å². The van der Waals surface area contributed by atoms with Crippen LogP contribution in [0.1, 0.15) is 77.6 Å². The van der Waals surface area contributed by atoms with Gasteiger partial charge in [-0.3, -0.25) is 0 Å². The molecule has 144 valence electrons.